The summed E-state index contributed by atoms with van der Waals surface area (Å²) in [6, 6.07) is 5.62. The lowest BCUT2D eigenvalue weighted by molar-refractivity contribution is -0.122. The molecule has 1 saturated heterocycles. The van der Waals surface area contributed by atoms with Crippen molar-refractivity contribution < 1.29 is 19.0 Å². The molecule has 0 aliphatic carbocycles. The van der Waals surface area contributed by atoms with Gasteiger partial charge in [-0.05, 0) is 31.0 Å². The third kappa shape index (κ3) is 4.67. The van der Waals surface area contributed by atoms with Crippen molar-refractivity contribution in [2.24, 2.45) is 0 Å². The highest BCUT2D eigenvalue weighted by Gasteiger charge is 2.26. The first-order valence-electron chi connectivity index (χ1n) is 8.89. The topological polar surface area (TPSA) is 85.8 Å². The number of methoxy groups -OCH3 is 1. The van der Waals surface area contributed by atoms with Crippen LogP contribution >= 0.6 is 11.7 Å². The van der Waals surface area contributed by atoms with Gasteiger partial charge in [0.2, 0.25) is 5.82 Å². The van der Waals surface area contributed by atoms with Crippen molar-refractivity contribution in [3.63, 3.8) is 0 Å². The molecule has 0 bridgehead atoms. The zero-order valence-corrected chi connectivity index (χ0v) is 16.5. The van der Waals surface area contributed by atoms with Crippen LogP contribution in [0.15, 0.2) is 18.2 Å². The van der Waals surface area contributed by atoms with Gasteiger partial charge in [0.25, 0.3) is 11.8 Å². The molecule has 0 spiro atoms. The second-order valence-corrected chi connectivity index (χ2v) is 6.73. The van der Waals surface area contributed by atoms with Gasteiger partial charge in [-0.2, -0.15) is 4.37 Å². The predicted octanol–water partition coefficient (Wildman–Crippen LogP) is 2.49. The molecule has 0 radical (unpaired) electrons. The number of anilines is 2. The molecule has 1 aromatic heterocycles. The second kappa shape index (κ2) is 9.01. The van der Waals surface area contributed by atoms with Gasteiger partial charge in [-0.1, -0.05) is 13.0 Å². The summed E-state index contributed by atoms with van der Waals surface area (Å²) in [5, 5.41) is 2.90. The number of aryl methyl sites for hydroxylation is 1. The van der Waals surface area contributed by atoms with Crippen molar-refractivity contribution in [1.29, 1.82) is 0 Å². The fourth-order valence-corrected chi connectivity index (χ4v) is 3.32. The Kier molecular flexibility index (Phi) is 6.46. The minimum Gasteiger partial charge on any atom is -0.495 e. The molecule has 1 N–H and O–H groups in total. The minimum absolute atomic E-state index is 0.248. The molecular weight excluding hydrogens is 368 g/mol. The van der Waals surface area contributed by atoms with Crippen molar-refractivity contribution in [3.8, 4) is 11.6 Å². The van der Waals surface area contributed by atoms with Crippen LogP contribution in [0.25, 0.3) is 0 Å². The number of morpholine rings is 1. The molecule has 1 atom stereocenters. The summed E-state index contributed by atoms with van der Waals surface area (Å²) in [5.41, 5.74) is 1.65. The lowest BCUT2D eigenvalue weighted by Gasteiger charge is -2.27. The van der Waals surface area contributed by atoms with Crippen molar-refractivity contribution in [2.45, 2.75) is 26.4 Å². The number of hydrogen-bond donors (Lipinski definition) is 1. The second-order valence-electron chi connectivity index (χ2n) is 6.20. The van der Waals surface area contributed by atoms with Crippen LogP contribution in [-0.4, -0.2) is 54.2 Å². The van der Waals surface area contributed by atoms with Gasteiger partial charge in [0.1, 0.15) is 5.75 Å². The molecule has 1 aliphatic heterocycles. The molecule has 9 heteroatoms. The Bertz CT molecular complexity index is 776. The quantitative estimate of drug-likeness (QED) is 0.775. The van der Waals surface area contributed by atoms with Crippen LogP contribution < -0.4 is 19.7 Å². The molecule has 2 aromatic rings. The molecule has 146 valence electrons. The molecule has 27 heavy (non-hydrogen) atoms. The van der Waals surface area contributed by atoms with E-state index >= 15 is 0 Å². The third-order valence-electron chi connectivity index (χ3n) is 4.28. The van der Waals surface area contributed by atoms with Crippen LogP contribution in [0.5, 0.6) is 11.6 Å². The Labute approximate surface area is 162 Å². The van der Waals surface area contributed by atoms with Gasteiger partial charge in [-0.25, -0.2) is 0 Å². The van der Waals surface area contributed by atoms with Crippen molar-refractivity contribution in [1.82, 2.24) is 8.75 Å². The van der Waals surface area contributed by atoms with E-state index in [1.165, 1.54) is 0 Å². The molecule has 3 rings (SSSR count). The number of aromatic nitrogens is 2. The van der Waals surface area contributed by atoms with Gasteiger partial charge >= 0.3 is 0 Å². The van der Waals surface area contributed by atoms with Gasteiger partial charge in [0.05, 0.1) is 37.7 Å². The molecule has 8 nitrogen and oxygen atoms in total. The Hall–Kier alpha value is -2.39. The van der Waals surface area contributed by atoms with Gasteiger partial charge < -0.3 is 24.4 Å². The van der Waals surface area contributed by atoms with E-state index in [9.17, 15) is 4.79 Å². The average molecular weight is 392 g/mol. The van der Waals surface area contributed by atoms with Crippen LogP contribution in [0.1, 0.15) is 18.9 Å². The number of nitrogens with one attached hydrogen (secondary N) is 1. The third-order valence-corrected chi connectivity index (χ3v) is 4.78. The van der Waals surface area contributed by atoms with Gasteiger partial charge in [-0.3, -0.25) is 4.79 Å². The van der Waals surface area contributed by atoms with Crippen LogP contribution in [0.2, 0.25) is 0 Å². The summed E-state index contributed by atoms with van der Waals surface area (Å²) in [5.74, 6) is 1.42. The number of ether oxygens (including phenoxy) is 3. The largest absolute Gasteiger partial charge is 0.495 e. The molecule has 1 aromatic carbocycles. The van der Waals surface area contributed by atoms with E-state index in [1.54, 1.807) is 7.11 Å². The Balaban J connectivity index is 1.71. The first kappa shape index (κ1) is 19.4. The monoisotopic (exact) mass is 392 g/mol. The summed E-state index contributed by atoms with van der Waals surface area (Å²) in [7, 11) is 1.57. The molecule has 1 unspecified atom stereocenters. The Morgan fingerprint density at radius 3 is 2.85 bits per heavy atom. The van der Waals surface area contributed by atoms with E-state index in [1.807, 2.05) is 32.0 Å². The zero-order chi connectivity index (χ0) is 19.2. The zero-order valence-electron chi connectivity index (χ0n) is 15.7. The van der Waals surface area contributed by atoms with Gasteiger partial charge in [0.15, 0.2) is 6.10 Å². The molecular formula is C18H24N4O4S. The van der Waals surface area contributed by atoms with E-state index in [2.05, 4.69) is 19.0 Å². The maximum Gasteiger partial charge on any atom is 0.271 e. The SMILES string of the molecule is CCC(Oc1nsnc1N1CCOCC1)C(=O)Nc1cc(C)ccc1OC. The lowest BCUT2D eigenvalue weighted by atomic mass is 10.2. The van der Waals surface area contributed by atoms with Crippen LogP contribution in [0, 0.1) is 6.92 Å². The van der Waals surface area contributed by atoms with Gasteiger partial charge in [-0.15, -0.1) is 4.37 Å². The number of rotatable bonds is 7. The number of nitrogens with zero attached hydrogens (tertiary/aromatic N) is 3. The lowest BCUT2D eigenvalue weighted by Crippen LogP contribution is -2.37. The smallest absolute Gasteiger partial charge is 0.271 e. The fraction of sp³-hybridized carbons (Fsp3) is 0.500. The standard InChI is InChI=1S/C18H24N4O4S/c1-4-14(17(23)19-13-11-12(2)5-6-15(13)24-3)26-18-16(20-27-21-18)22-7-9-25-10-8-22/h5-6,11,14H,4,7-10H2,1-3H3,(H,19,23). The number of carbonyl (C=O) groups is 1. The van der Waals surface area contributed by atoms with E-state index < -0.39 is 6.10 Å². The normalized spacial score (nSPS) is 15.3. The van der Waals surface area contributed by atoms with E-state index in [0.717, 1.165) is 30.4 Å². The summed E-state index contributed by atoms with van der Waals surface area (Å²) >= 11 is 1.08. The average Bonchev–Trinajstić information content (AvgIpc) is 3.15. The molecule has 0 saturated carbocycles. The summed E-state index contributed by atoms with van der Waals surface area (Å²) in [6.45, 7) is 6.59. The predicted molar refractivity (Wildman–Crippen MR) is 104 cm³/mol. The summed E-state index contributed by atoms with van der Waals surface area (Å²) < 4.78 is 25.2. The highest BCUT2D eigenvalue weighted by Crippen LogP contribution is 2.29. The van der Waals surface area contributed by atoms with E-state index in [4.69, 9.17) is 14.2 Å². The maximum absolute atomic E-state index is 12.8. The van der Waals surface area contributed by atoms with Crippen LogP contribution in [0.3, 0.4) is 0 Å². The Morgan fingerprint density at radius 1 is 1.37 bits per heavy atom. The first-order valence-corrected chi connectivity index (χ1v) is 9.62. The van der Waals surface area contributed by atoms with Gasteiger partial charge in [0, 0.05) is 13.1 Å². The number of amides is 1. The van der Waals surface area contributed by atoms with E-state index in [-0.39, 0.29) is 5.91 Å². The van der Waals surface area contributed by atoms with Crippen LogP contribution in [0.4, 0.5) is 11.5 Å². The maximum atomic E-state index is 12.8. The van der Waals surface area contributed by atoms with Crippen LogP contribution in [-0.2, 0) is 9.53 Å². The molecule has 2 heterocycles. The highest BCUT2D eigenvalue weighted by molar-refractivity contribution is 6.99. The molecule has 1 amide bonds. The fourth-order valence-electron chi connectivity index (χ4n) is 2.81. The summed E-state index contributed by atoms with van der Waals surface area (Å²) in [4.78, 5) is 14.8. The molecule has 1 fully saturated rings. The van der Waals surface area contributed by atoms with Crippen molar-refractivity contribution in [2.75, 3.05) is 43.6 Å². The Morgan fingerprint density at radius 2 is 2.15 bits per heavy atom. The van der Waals surface area contributed by atoms with Crippen molar-refractivity contribution in [3.05, 3.63) is 23.8 Å². The number of benzene rings is 1. The number of hydrogen-bond acceptors (Lipinski definition) is 8. The summed E-state index contributed by atoms with van der Waals surface area (Å²) in [6.07, 6.45) is -0.182. The van der Waals surface area contributed by atoms with E-state index in [0.29, 0.717) is 42.8 Å². The first-order chi connectivity index (χ1) is 13.1. The highest BCUT2D eigenvalue weighted by atomic mass is 32.1. The van der Waals surface area contributed by atoms with Crippen molar-refractivity contribution >= 4 is 29.1 Å². The minimum atomic E-state index is -0.682. The number of carbonyl (C=O) groups excluding carboxylic acids is 1. The molecule has 1 aliphatic rings.